The minimum atomic E-state index is 0.250. The second-order valence-corrected chi connectivity index (χ2v) is 8.09. The number of aromatic nitrogens is 3. The molecule has 0 unspecified atom stereocenters. The summed E-state index contributed by atoms with van der Waals surface area (Å²) >= 11 is 0. The van der Waals surface area contributed by atoms with Gasteiger partial charge in [-0.25, -0.2) is 0 Å². The van der Waals surface area contributed by atoms with Crippen LogP contribution in [-0.4, -0.2) is 15.2 Å². The van der Waals surface area contributed by atoms with Gasteiger partial charge in [-0.1, -0.05) is 6.07 Å². The Morgan fingerprint density at radius 1 is 1.07 bits per heavy atom. The van der Waals surface area contributed by atoms with Crippen LogP contribution in [0.25, 0.3) is 22.2 Å². The van der Waals surface area contributed by atoms with Crippen LogP contribution in [-0.2, 0) is 6.42 Å². The number of aromatic amines is 1. The largest absolute Gasteiger partial charge is 0.378 e. The molecule has 1 aliphatic carbocycles. The van der Waals surface area contributed by atoms with Crippen molar-refractivity contribution in [2.24, 2.45) is 0 Å². The Bertz CT molecular complexity index is 1270. The van der Waals surface area contributed by atoms with Gasteiger partial charge in [-0.2, -0.15) is 10.4 Å². The van der Waals surface area contributed by atoms with Gasteiger partial charge in [-0.3, -0.25) is 10.1 Å². The van der Waals surface area contributed by atoms with Gasteiger partial charge >= 0.3 is 0 Å². The Balaban J connectivity index is 1.50. The van der Waals surface area contributed by atoms with Gasteiger partial charge < -0.3 is 5.32 Å². The van der Waals surface area contributed by atoms with E-state index < -0.39 is 0 Å². The average molecular weight is 393 g/mol. The van der Waals surface area contributed by atoms with Crippen molar-refractivity contribution in [1.82, 2.24) is 15.2 Å². The number of rotatable bonds is 3. The summed E-state index contributed by atoms with van der Waals surface area (Å²) in [4.78, 5) is 4.48. The second-order valence-electron chi connectivity index (χ2n) is 8.09. The van der Waals surface area contributed by atoms with Gasteiger partial charge in [0.2, 0.25) is 0 Å². The highest BCUT2D eigenvalue weighted by atomic mass is 15.1. The second kappa shape index (κ2) is 7.31. The highest BCUT2D eigenvalue weighted by Crippen LogP contribution is 2.35. The number of anilines is 1. The molecule has 0 bridgehead atoms. The Hall–Kier alpha value is -3.65. The maximum absolute atomic E-state index is 9.20. The van der Waals surface area contributed by atoms with E-state index in [1.807, 2.05) is 26.0 Å². The molecule has 0 radical (unpaired) electrons. The lowest BCUT2D eigenvalue weighted by molar-refractivity contribution is 0.600. The highest BCUT2D eigenvalue weighted by molar-refractivity contribution is 5.95. The fourth-order valence-electron chi connectivity index (χ4n) is 4.53. The molecule has 0 fully saturated rings. The summed E-state index contributed by atoms with van der Waals surface area (Å²) in [5.41, 5.74) is 9.43. The van der Waals surface area contributed by atoms with Gasteiger partial charge in [-0.05, 0) is 86.7 Å². The molecule has 4 aromatic rings. The smallest absolute Gasteiger partial charge is 0.100 e. The van der Waals surface area contributed by atoms with Gasteiger partial charge in [0.25, 0.3) is 0 Å². The summed E-state index contributed by atoms with van der Waals surface area (Å²) in [6.45, 7) is 4.02. The number of aryl methyl sites for hydroxylation is 3. The Morgan fingerprint density at radius 2 is 1.90 bits per heavy atom. The minimum Gasteiger partial charge on any atom is -0.378 e. The predicted molar refractivity (Wildman–Crippen MR) is 119 cm³/mol. The van der Waals surface area contributed by atoms with E-state index in [0.29, 0.717) is 0 Å². The van der Waals surface area contributed by atoms with Crippen LogP contribution >= 0.6 is 0 Å². The van der Waals surface area contributed by atoms with E-state index in [-0.39, 0.29) is 6.04 Å². The van der Waals surface area contributed by atoms with Crippen LogP contribution in [0.4, 0.5) is 5.69 Å². The molecule has 5 rings (SSSR count). The molecule has 2 heterocycles. The van der Waals surface area contributed by atoms with Crippen molar-refractivity contribution in [3.63, 3.8) is 0 Å². The Morgan fingerprint density at radius 3 is 2.70 bits per heavy atom. The lowest BCUT2D eigenvalue weighted by Crippen LogP contribution is -2.17. The number of fused-ring (bicyclic) bond motifs is 2. The molecule has 0 saturated carbocycles. The number of hydrogen-bond acceptors (Lipinski definition) is 4. The first-order valence-corrected chi connectivity index (χ1v) is 10.3. The number of benzene rings is 2. The van der Waals surface area contributed by atoms with Crippen LogP contribution in [0, 0.1) is 25.2 Å². The van der Waals surface area contributed by atoms with E-state index in [9.17, 15) is 5.26 Å². The standard InChI is InChI=1S/C25H23N5/c1-15-10-19(11-16(2)27-15)25-22-13-20(7-9-24(22)29-30-25)28-23-5-3-4-18-12-17(14-26)6-8-21(18)23/h6-13,23,28H,3-5H2,1-2H3,(H,29,30)/t23-/m0/s1. The quantitative estimate of drug-likeness (QED) is 0.475. The molecular formula is C25H23N5. The summed E-state index contributed by atoms with van der Waals surface area (Å²) in [6.07, 6.45) is 3.24. The molecule has 0 amide bonds. The van der Waals surface area contributed by atoms with Crippen molar-refractivity contribution in [2.45, 2.75) is 39.2 Å². The topological polar surface area (TPSA) is 77.4 Å². The van der Waals surface area contributed by atoms with Gasteiger partial charge in [0, 0.05) is 28.0 Å². The summed E-state index contributed by atoms with van der Waals surface area (Å²) in [5.74, 6) is 0. The zero-order valence-corrected chi connectivity index (χ0v) is 17.2. The molecule has 148 valence electrons. The summed E-state index contributed by atoms with van der Waals surface area (Å²) < 4.78 is 0. The number of pyridine rings is 1. The van der Waals surface area contributed by atoms with Gasteiger partial charge in [0.05, 0.1) is 23.2 Å². The first-order chi connectivity index (χ1) is 14.6. The van der Waals surface area contributed by atoms with Crippen molar-refractivity contribution in [3.8, 4) is 17.3 Å². The van der Waals surface area contributed by atoms with Crippen molar-refractivity contribution < 1.29 is 0 Å². The van der Waals surface area contributed by atoms with Crippen LogP contribution in [0.3, 0.4) is 0 Å². The van der Waals surface area contributed by atoms with Crippen molar-refractivity contribution in [3.05, 3.63) is 76.6 Å². The van der Waals surface area contributed by atoms with Crippen molar-refractivity contribution >= 4 is 16.6 Å². The number of nitriles is 1. The molecule has 0 saturated heterocycles. The zero-order chi connectivity index (χ0) is 20.7. The third-order valence-corrected chi connectivity index (χ3v) is 5.85. The Kier molecular flexibility index (Phi) is 4.48. The van der Waals surface area contributed by atoms with E-state index in [4.69, 9.17) is 0 Å². The molecule has 0 aliphatic heterocycles. The molecule has 1 aliphatic rings. The molecule has 1 atom stereocenters. The molecule has 2 aromatic carbocycles. The van der Waals surface area contributed by atoms with Crippen molar-refractivity contribution in [2.75, 3.05) is 5.32 Å². The fraction of sp³-hybridized carbons (Fsp3) is 0.240. The van der Waals surface area contributed by atoms with Crippen molar-refractivity contribution in [1.29, 1.82) is 5.26 Å². The van der Waals surface area contributed by atoms with E-state index in [0.717, 1.165) is 64.1 Å². The van der Waals surface area contributed by atoms with Crippen LogP contribution in [0.5, 0.6) is 0 Å². The number of H-pyrrole nitrogens is 1. The number of nitrogens with zero attached hydrogens (tertiary/aromatic N) is 3. The molecule has 30 heavy (non-hydrogen) atoms. The van der Waals surface area contributed by atoms with Crippen LogP contribution in [0.2, 0.25) is 0 Å². The maximum atomic E-state index is 9.20. The summed E-state index contributed by atoms with van der Waals surface area (Å²) in [6, 6.07) is 19.1. The number of hydrogen-bond donors (Lipinski definition) is 2. The monoisotopic (exact) mass is 393 g/mol. The normalized spacial score (nSPS) is 15.6. The zero-order valence-electron chi connectivity index (χ0n) is 17.2. The lowest BCUT2D eigenvalue weighted by atomic mass is 9.86. The predicted octanol–water partition coefficient (Wildman–Crippen LogP) is 5.60. The van der Waals surface area contributed by atoms with E-state index >= 15 is 0 Å². The van der Waals surface area contributed by atoms with Crippen LogP contribution < -0.4 is 5.32 Å². The molecular weight excluding hydrogens is 370 g/mol. The van der Waals surface area contributed by atoms with Gasteiger partial charge in [0.15, 0.2) is 0 Å². The molecule has 2 N–H and O–H groups in total. The SMILES string of the molecule is Cc1cc(-c2n[nH]c3ccc(N[C@H]4CCCc5cc(C#N)ccc54)cc23)cc(C)n1. The average Bonchev–Trinajstić information content (AvgIpc) is 3.16. The summed E-state index contributed by atoms with van der Waals surface area (Å²) in [5, 5.41) is 21.8. The van der Waals surface area contributed by atoms with Gasteiger partial charge in [-0.15, -0.1) is 0 Å². The third-order valence-electron chi connectivity index (χ3n) is 5.85. The Labute approximate surface area is 175 Å². The van der Waals surface area contributed by atoms with E-state index in [2.05, 4.69) is 63.0 Å². The van der Waals surface area contributed by atoms with E-state index in [1.165, 1.54) is 11.1 Å². The molecule has 5 nitrogen and oxygen atoms in total. The molecule has 2 aromatic heterocycles. The fourth-order valence-corrected chi connectivity index (χ4v) is 4.53. The maximum Gasteiger partial charge on any atom is 0.100 e. The lowest BCUT2D eigenvalue weighted by Gasteiger charge is -2.27. The van der Waals surface area contributed by atoms with Crippen LogP contribution in [0.15, 0.2) is 48.5 Å². The summed E-state index contributed by atoms with van der Waals surface area (Å²) in [7, 11) is 0. The molecule has 0 spiro atoms. The highest BCUT2D eigenvalue weighted by Gasteiger charge is 2.21. The first-order valence-electron chi connectivity index (χ1n) is 10.3. The van der Waals surface area contributed by atoms with E-state index in [1.54, 1.807) is 0 Å². The number of nitrogens with one attached hydrogen (secondary N) is 2. The molecule has 5 heteroatoms. The minimum absolute atomic E-state index is 0.250. The third kappa shape index (κ3) is 3.31. The van der Waals surface area contributed by atoms with Gasteiger partial charge in [0.1, 0.15) is 5.69 Å². The first kappa shape index (κ1) is 18.4. The van der Waals surface area contributed by atoms with Crippen LogP contribution in [0.1, 0.15) is 47.0 Å².